The number of nitrogens with one attached hydrogen (secondary N) is 1. The highest BCUT2D eigenvalue weighted by Crippen LogP contribution is 2.35. The van der Waals surface area contributed by atoms with Crippen LogP contribution in [0.15, 0.2) is 17.6 Å². The van der Waals surface area contributed by atoms with E-state index in [0.717, 1.165) is 19.3 Å². The van der Waals surface area contributed by atoms with E-state index in [1.807, 2.05) is 0 Å². The van der Waals surface area contributed by atoms with E-state index in [-0.39, 0.29) is 10.4 Å². The van der Waals surface area contributed by atoms with Crippen molar-refractivity contribution in [2.24, 2.45) is 11.3 Å². The van der Waals surface area contributed by atoms with E-state index in [1.54, 1.807) is 4.31 Å². The van der Waals surface area contributed by atoms with Gasteiger partial charge in [0.25, 0.3) is 10.0 Å². The van der Waals surface area contributed by atoms with Gasteiger partial charge in [0.05, 0.1) is 12.5 Å². The first-order valence-corrected chi connectivity index (χ1v) is 8.24. The van der Waals surface area contributed by atoms with Crippen molar-refractivity contribution in [3.05, 3.63) is 12.5 Å². The zero-order valence-electron chi connectivity index (χ0n) is 11.9. The second-order valence-corrected chi connectivity index (χ2v) is 8.22. The van der Waals surface area contributed by atoms with Crippen LogP contribution in [0.5, 0.6) is 0 Å². The molecule has 1 aliphatic rings. The fourth-order valence-electron chi connectivity index (χ4n) is 2.70. The third kappa shape index (κ3) is 3.17. The smallest absolute Gasteiger partial charge is 0.260 e. The monoisotopic (exact) mass is 285 g/mol. The molecule has 2 rings (SSSR count). The van der Waals surface area contributed by atoms with Crippen LogP contribution in [0, 0.1) is 11.3 Å². The number of hydrogen-bond donors (Lipinski definition) is 1. The van der Waals surface area contributed by atoms with Gasteiger partial charge in [-0.2, -0.15) is 4.31 Å². The summed E-state index contributed by atoms with van der Waals surface area (Å²) in [7, 11) is -3.40. The molecule has 2 heterocycles. The molecule has 1 N–H and O–H groups in total. The van der Waals surface area contributed by atoms with E-state index in [9.17, 15) is 8.42 Å². The maximum Gasteiger partial charge on any atom is 0.260 e. The van der Waals surface area contributed by atoms with Crippen molar-refractivity contribution >= 4 is 10.0 Å². The summed E-state index contributed by atoms with van der Waals surface area (Å²) in [4.78, 5) is 6.50. The fourth-order valence-corrected chi connectivity index (χ4v) is 4.09. The molecule has 1 unspecified atom stereocenters. The Balaban J connectivity index is 2.12. The number of H-pyrrole nitrogens is 1. The number of sulfonamides is 1. The lowest BCUT2D eigenvalue weighted by Crippen LogP contribution is -2.32. The first-order valence-electron chi connectivity index (χ1n) is 6.80. The van der Waals surface area contributed by atoms with Crippen LogP contribution >= 0.6 is 0 Å². The number of nitrogens with zero attached hydrogens (tertiary/aromatic N) is 2. The average molecular weight is 285 g/mol. The van der Waals surface area contributed by atoms with Gasteiger partial charge in [0.1, 0.15) is 0 Å². The number of hydrogen-bond acceptors (Lipinski definition) is 3. The van der Waals surface area contributed by atoms with Gasteiger partial charge in [-0.1, -0.05) is 20.8 Å². The standard InChI is InChI=1S/C13H23N3O2S/c1-13(2,3)11-5-4-7-16(8-6-11)19(17,18)12-9-14-10-15-12/h9-11H,4-8H2,1-3H3,(H,14,15). The van der Waals surface area contributed by atoms with Gasteiger partial charge in [-0.15, -0.1) is 0 Å². The summed E-state index contributed by atoms with van der Waals surface area (Å²) in [5.74, 6) is 0.578. The molecule has 0 saturated carbocycles. The van der Waals surface area contributed by atoms with Crippen molar-refractivity contribution in [1.82, 2.24) is 14.3 Å². The summed E-state index contributed by atoms with van der Waals surface area (Å²) in [5.41, 5.74) is 0.244. The zero-order chi connectivity index (χ0) is 14.1. The largest absolute Gasteiger partial charge is 0.335 e. The van der Waals surface area contributed by atoms with Crippen molar-refractivity contribution in [2.45, 2.75) is 45.1 Å². The average Bonchev–Trinajstić information content (AvgIpc) is 2.71. The minimum absolute atomic E-state index is 0.196. The second-order valence-electron chi connectivity index (χ2n) is 6.31. The van der Waals surface area contributed by atoms with Crippen LogP contribution in [0.1, 0.15) is 40.0 Å². The highest BCUT2D eigenvalue weighted by molar-refractivity contribution is 7.89. The van der Waals surface area contributed by atoms with Gasteiger partial charge in [0, 0.05) is 13.1 Å². The summed E-state index contributed by atoms with van der Waals surface area (Å²) in [6.07, 6.45) is 5.73. The molecule has 0 aliphatic carbocycles. The second kappa shape index (κ2) is 5.25. The predicted molar refractivity (Wildman–Crippen MR) is 74.1 cm³/mol. The molecule has 1 fully saturated rings. The van der Waals surface area contributed by atoms with E-state index < -0.39 is 10.0 Å². The lowest BCUT2D eigenvalue weighted by molar-refractivity contribution is 0.217. The van der Waals surface area contributed by atoms with Crippen LogP contribution in [-0.2, 0) is 10.0 Å². The highest BCUT2D eigenvalue weighted by Gasteiger charge is 2.32. The minimum atomic E-state index is -3.40. The molecule has 1 saturated heterocycles. The van der Waals surface area contributed by atoms with Crippen LogP contribution in [-0.4, -0.2) is 35.8 Å². The summed E-state index contributed by atoms with van der Waals surface area (Å²) in [5, 5.41) is 0.196. The highest BCUT2D eigenvalue weighted by atomic mass is 32.2. The number of rotatable bonds is 2. The van der Waals surface area contributed by atoms with Gasteiger partial charge in [-0.3, -0.25) is 0 Å². The Hall–Kier alpha value is -0.880. The van der Waals surface area contributed by atoms with E-state index in [4.69, 9.17) is 0 Å². The van der Waals surface area contributed by atoms with Crippen molar-refractivity contribution in [3.63, 3.8) is 0 Å². The molecule has 0 aromatic carbocycles. The summed E-state index contributed by atoms with van der Waals surface area (Å²) in [6.45, 7) is 7.90. The van der Waals surface area contributed by atoms with E-state index in [1.165, 1.54) is 12.5 Å². The summed E-state index contributed by atoms with van der Waals surface area (Å²) < 4.78 is 26.4. The molecule has 0 amide bonds. The number of aromatic nitrogens is 2. The molecule has 0 bridgehead atoms. The van der Waals surface area contributed by atoms with Gasteiger partial charge in [0.15, 0.2) is 5.03 Å². The van der Waals surface area contributed by atoms with Crippen molar-refractivity contribution in [3.8, 4) is 0 Å². The Morgan fingerprint density at radius 2 is 2.05 bits per heavy atom. The molecule has 19 heavy (non-hydrogen) atoms. The van der Waals surface area contributed by atoms with Crippen molar-refractivity contribution in [2.75, 3.05) is 13.1 Å². The molecule has 0 spiro atoms. The number of aromatic amines is 1. The molecular weight excluding hydrogens is 262 g/mol. The summed E-state index contributed by atoms with van der Waals surface area (Å²) in [6, 6.07) is 0. The third-order valence-electron chi connectivity index (χ3n) is 4.00. The van der Waals surface area contributed by atoms with Gasteiger partial charge in [0.2, 0.25) is 0 Å². The van der Waals surface area contributed by atoms with E-state index >= 15 is 0 Å². The van der Waals surface area contributed by atoms with E-state index in [2.05, 4.69) is 30.7 Å². The molecule has 5 nitrogen and oxygen atoms in total. The van der Waals surface area contributed by atoms with Crippen LogP contribution in [0.2, 0.25) is 0 Å². The Bertz CT molecular complexity index is 502. The molecule has 0 radical (unpaired) electrons. The minimum Gasteiger partial charge on any atom is -0.335 e. The maximum atomic E-state index is 12.4. The van der Waals surface area contributed by atoms with Gasteiger partial charge < -0.3 is 4.98 Å². The van der Waals surface area contributed by atoms with Crippen molar-refractivity contribution in [1.29, 1.82) is 0 Å². The first kappa shape index (κ1) is 14.5. The molecule has 1 aliphatic heterocycles. The lowest BCUT2D eigenvalue weighted by atomic mass is 9.77. The van der Waals surface area contributed by atoms with Crippen LogP contribution in [0.3, 0.4) is 0 Å². The van der Waals surface area contributed by atoms with Crippen LogP contribution in [0.4, 0.5) is 0 Å². The third-order valence-corrected chi connectivity index (χ3v) is 5.83. The molecule has 1 aromatic rings. The van der Waals surface area contributed by atoms with Crippen molar-refractivity contribution < 1.29 is 8.42 Å². The first-order chi connectivity index (χ1) is 8.82. The lowest BCUT2D eigenvalue weighted by Gasteiger charge is -2.29. The fraction of sp³-hybridized carbons (Fsp3) is 0.769. The van der Waals surface area contributed by atoms with E-state index in [0.29, 0.717) is 19.0 Å². The number of imidazole rings is 1. The van der Waals surface area contributed by atoms with Crippen LogP contribution in [0.25, 0.3) is 0 Å². The SMILES string of the molecule is CC(C)(C)C1CCCN(S(=O)(=O)c2cnc[nH]2)CC1. The summed E-state index contributed by atoms with van der Waals surface area (Å²) >= 11 is 0. The van der Waals surface area contributed by atoms with Gasteiger partial charge >= 0.3 is 0 Å². The molecule has 108 valence electrons. The molecule has 6 heteroatoms. The molecule has 1 atom stereocenters. The Morgan fingerprint density at radius 1 is 1.32 bits per heavy atom. The topological polar surface area (TPSA) is 66.1 Å². The zero-order valence-corrected chi connectivity index (χ0v) is 12.7. The maximum absolute atomic E-state index is 12.4. The normalized spacial score (nSPS) is 23.2. The quantitative estimate of drug-likeness (QED) is 0.906. The Labute approximate surface area is 115 Å². The predicted octanol–water partition coefficient (Wildman–Crippen LogP) is 2.25. The van der Waals surface area contributed by atoms with Crippen LogP contribution < -0.4 is 0 Å². The molecule has 1 aromatic heterocycles. The van der Waals surface area contributed by atoms with Gasteiger partial charge in [-0.25, -0.2) is 13.4 Å². The Kier molecular flexibility index (Phi) is 4.01. The van der Waals surface area contributed by atoms with Gasteiger partial charge in [-0.05, 0) is 30.6 Å². The molecular formula is C13H23N3O2S. The Morgan fingerprint density at radius 3 is 2.63 bits per heavy atom.